The molecule has 0 bridgehead atoms. The van der Waals surface area contributed by atoms with Gasteiger partial charge >= 0.3 is 6.03 Å². The van der Waals surface area contributed by atoms with Crippen LogP contribution >= 0.6 is 0 Å². The fourth-order valence-corrected chi connectivity index (χ4v) is 1.38. The van der Waals surface area contributed by atoms with Gasteiger partial charge in [-0.2, -0.15) is 0 Å². The molecule has 2 amide bonds. The molecule has 0 saturated heterocycles. The number of hydrogen-bond acceptors (Lipinski definition) is 2. The first-order valence-electron chi connectivity index (χ1n) is 5.51. The number of para-hydroxylation sites is 1. The second kappa shape index (κ2) is 6.12. The van der Waals surface area contributed by atoms with E-state index in [1.807, 2.05) is 30.3 Å². The summed E-state index contributed by atoms with van der Waals surface area (Å²) in [4.78, 5) is 13.4. The molecule has 0 aliphatic rings. The lowest BCUT2D eigenvalue weighted by Crippen LogP contribution is -2.46. The number of nitrogens with zero attached hydrogens (tertiary/aromatic N) is 2. The molecule has 0 aromatic heterocycles. The number of rotatable bonds is 4. The van der Waals surface area contributed by atoms with Gasteiger partial charge in [0.1, 0.15) is 0 Å². The van der Waals surface area contributed by atoms with Gasteiger partial charge < -0.3 is 0 Å². The van der Waals surface area contributed by atoms with E-state index >= 15 is 0 Å². The molecule has 0 aliphatic heterocycles. The summed E-state index contributed by atoms with van der Waals surface area (Å²) in [5.74, 6) is 5.68. The molecule has 0 unspecified atom stereocenters. The van der Waals surface area contributed by atoms with Crippen molar-refractivity contribution in [3.63, 3.8) is 0 Å². The van der Waals surface area contributed by atoms with Crippen LogP contribution in [0.4, 0.5) is 10.5 Å². The zero-order chi connectivity index (χ0) is 12.0. The highest BCUT2D eigenvalue weighted by atomic mass is 16.2. The first-order valence-corrected chi connectivity index (χ1v) is 5.51. The Hall–Kier alpha value is -1.55. The highest BCUT2D eigenvalue weighted by molar-refractivity contribution is 5.90. The van der Waals surface area contributed by atoms with E-state index < -0.39 is 0 Å². The molecule has 0 spiro atoms. The lowest BCUT2D eigenvalue weighted by Gasteiger charge is -2.24. The van der Waals surface area contributed by atoms with Crippen LogP contribution < -0.4 is 10.7 Å². The summed E-state index contributed by atoms with van der Waals surface area (Å²) in [6.45, 7) is 2.66. The van der Waals surface area contributed by atoms with Gasteiger partial charge in [-0.25, -0.2) is 10.6 Å². The molecule has 4 nitrogen and oxygen atoms in total. The summed E-state index contributed by atoms with van der Waals surface area (Å²) in [6, 6.07) is 9.29. The summed E-state index contributed by atoms with van der Waals surface area (Å²) >= 11 is 0. The molecule has 88 valence electrons. The Morgan fingerprint density at radius 2 is 1.94 bits per heavy atom. The van der Waals surface area contributed by atoms with Gasteiger partial charge in [0.2, 0.25) is 0 Å². The third-order valence-electron chi connectivity index (χ3n) is 2.43. The number of anilines is 1. The predicted octanol–water partition coefficient (Wildman–Crippen LogP) is 2.22. The number of nitrogens with two attached hydrogens (primary N) is 1. The number of urea groups is 1. The Balaban J connectivity index is 2.60. The van der Waals surface area contributed by atoms with E-state index in [4.69, 9.17) is 5.84 Å². The highest BCUT2D eigenvalue weighted by Crippen LogP contribution is 2.12. The average molecular weight is 221 g/mol. The quantitative estimate of drug-likeness (QED) is 0.481. The van der Waals surface area contributed by atoms with Crippen molar-refractivity contribution in [2.24, 2.45) is 5.84 Å². The monoisotopic (exact) mass is 221 g/mol. The highest BCUT2D eigenvalue weighted by Gasteiger charge is 2.15. The maximum absolute atomic E-state index is 11.9. The molecule has 0 aliphatic carbocycles. The number of carbonyl (C=O) groups excluding carboxylic acids is 1. The molecule has 0 fully saturated rings. The standard InChI is InChI=1S/C12H19N3O/c1-3-4-10-15(13)12(16)14(2)11-8-6-5-7-9-11/h5-9H,3-4,10,13H2,1-2H3. The lowest BCUT2D eigenvalue weighted by atomic mass is 10.3. The van der Waals surface area contributed by atoms with Gasteiger partial charge in [-0.3, -0.25) is 9.91 Å². The Kier molecular flexibility index (Phi) is 4.79. The van der Waals surface area contributed by atoms with Gasteiger partial charge in [0, 0.05) is 19.3 Å². The first kappa shape index (κ1) is 12.5. The second-order valence-corrected chi connectivity index (χ2v) is 3.72. The van der Waals surface area contributed by atoms with Crippen LogP contribution in [0.1, 0.15) is 19.8 Å². The third kappa shape index (κ3) is 3.24. The normalized spacial score (nSPS) is 9.94. The van der Waals surface area contributed by atoms with Crippen LogP contribution in [0.2, 0.25) is 0 Å². The minimum absolute atomic E-state index is 0.181. The maximum Gasteiger partial charge on any atom is 0.338 e. The predicted molar refractivity (Wildman–Crippen MR) is 66.0 cm³/mol. The van der Waals surface area contributed by atoms with Gasteiger partial charge in [-0.1, -0.05) is 31.5 Å². The Morgan fingerprint density at radius 1 is 1.31 bits per heavy atom. The lowest BCUT2D eigenvalue weighted by molar-refractivity contribution is 0.206. The van der Waals surface area contributed by atoms with Gasteiger partial charge in [-0.15, -0.1) is 0 Å². The first-order chi connectivity index (χ1) is 7.66. The maximum atomic E-state index is 11.9. The summed E-state index contributed by atoms with van der Waals surface area (Å²) in [5, 5.41) is 1.26. The molecular formula is C12H19N3O. The smallest absolute Gasteiger partial charge is 0.296 e. The van der Waals surface area contributed by atoms with E-state index in [9.17, 15) is 4.79 Å². The van der Waals surface area contributed by atoms with Crippen LogP contribution in [0, 0.1) is 0 Å². The third-order valence-corrected chi connectivity index (χ3v) is 2.43. The Labute approximate surface area is 96.6 Å². The van der Waals surface area contributed by atoms with E-state index in [0.717, 1.165) is 18.5 Å². The summed E-state index contributed by atoms with van der Waals surface area (Å²) in [5.41, 5.74) is 0.847. The largest absolute Gasteiger partial charge is 0.338 e. The van der Waals surface area contributed by atoms with Crippen molar-refractivity contribution in [3.05, 3.63) is 30.3 Å². The van der Waals surface area contributed by atoms with Crippen LogP contribution in [0.15, 0.2) is 30.3 Å². The second-order valence-electron chi connectivity index (χ2n) is 3.72. The van der Waals surface area contributed by atoms with Gasteiger partial charge in [-0.05, 0) is 18.6 Å². The zero-order valence-electron chi connectivity index (χ0n) is 9.89. The molecule has 1 aromatic carbocycles. The molecule has 0 radical (unpaired) electrons. The number of carbonyl (C=O) groups is 1. The number of benzene rings is 1. The fourth-order valence-electron chi connectivity index (χ4n) is 1.38. The van der Waals surface area contributed by atoms with Crippen molar-refractivity contribution in [2.75, 3.05) is 18.5 Å². The SMILES string of the molecule is CCCCN(N)C(=O)N(C)c1ccccc1. The molecular weight excluding hydrogens is 202 g/mol. The van der Waals surface area contributed by atoms with Crippen molar-refractivity contribution in [1.82, 2.24) is 5.01 Å². The minimum atomic E-state index is -0.181. The van der Waals surface area contributed by atoms with Crippen molar-refractivity contribution in [2.45, 2.75) is 19.8 Å². The minimum Gasteiger partial charge on any atom is -0.296 e. The molecule has 2 N–H and O–H groups in total. The van der Waals surface area contributed by atoms with E-state index in [-0.39, 0.29) is 6.03 Å². The van der Waals surface area contributed by atoms with Crippen LogP contribution in [0.3, 0.4) is 0 Å². The van der Waals surface area contributed by atoms with E-state index in [1.54, 1.807) is 11.9 Å². The summed E-state index contributed by atoms with van der Waals surface area (Å²) < 4.78 is 0. The van der Waals surface area contributed by atoms with Gasteiger partial charge in [0.15, 0.2) is 0 Å². The van der Waals surface area contributed by atoms with Crippen molar-refractivity contribution in [3.8, 4) is 0 Å². The van der Waals surface area contributed by atoms with Crippen molar-refractivity contribution in [1.29, 1.82) is 0 Å². The molecule has 0 heterocycles. The van der Waals surface area contributed by atoms with E-state index in [1.165, 1.54) is 5.01 Å². The topological polar surface area (TPSA) is 49.6 Å². The molecule has 0 atom stereocenters. The summed E-state index contributed by atoms with van der Waals surface area (Å²) in [7, 11) is 1.73. The number of unbranched alkanes of at least 4 members (excludes halogenated alkanes) is 1. The summed E-state index contributed by atoms with van der Waals surface area (Å²) in [6.07, 6.45) is 1.95. The van der Waals surface area contributed by atoms with Crippen LogP contribution in [0.5, 0.6) is 0 Å². The van der Waals surface area contributed by atoms with Crippen LogP contribution in [0.25, 0.3) is 0 Å². The fraction of sp³-hybridized carbons (Fsp3) is 0.417. The zero-order valence-corrected chi connectivity index (χ0v) is 9.89. The number of amides is 2. The van der Waals surface area contributed by atoms with Crippen LogP contribution in [-0.4, -0.2) is 24.6 Å². The Bertz CT molecular complexity index is 326. The van der Waals surface area contributed by atoms with E-state index in [0.29, 0.717) is 6.54 Å². The Morgan fingerprint density at radius 3 is 2.50 bits per heavy atom. The molecule has 1 rings (SSSR count). The molecule has 16 heavy (non-hydrogen) atoms. The van der Waals surface area contributed by atoms with Gasteiger partial charge in [0.05, 0.1) is 0 Å². The van der Waals surface area contributed by atoms with Crippen LogP contribution in [-0.2, 0) is 0 Å². The molecule has 0 saturated carbocycles. The molecule has 1 aromatic rings. The van der Waals surface area contributed by atoms with Crippen molar-refractivity contribution < 1.29 is 4.79 Å². The van der Waals surface area contributed by atoms with Gasteiger partial charge in [0.25, 0.3) is 0 Å². The number of hydrogen-bond donors (Lipinski definition) is 1. The molecule has 4 heteroatoms. The van der Waals surface area contributed by atoms with E-state index in [2.05, 4.69) is 6.92 Å². The van der Waals surface area contributed by atoms with Crippen molar-refractivity contribution >= 4 is 11.7 Å². The average Bonchev–Trinajstić information content (AvgIpc) is 2.35. The number of hydrazine groups is 1.